The molecule has 0 atom stereocenters. The number of fused-ring (bicyclic) bond motifs is 5. The van der Waals surface area contributed by atoms with Crippen LogP contribution in [0, 0.1) is 34.6 Å². The molecule has 0 bridgehead atoms. The van der Waals surface area contributed by atoms with Gasteiger partial charge >= 0.3 is 53.9 Å². The number of carboxylic acid groups (broad SMARTS) is 5. The SMILES string of the molecule is Cc1ccc(Oc2nc3c(-c4ccccc4)n(C)cc3[nH]2)cc1C(=O)O.Cc1ccc(Oc2nc3c([nH]2)C(=O)N(c2ccccc2)C3=O)cc1C(=O)O.Cc1ccc(Oc2nc3nn(-c4ccccc4)cc3[nH]2)cc1C(=O)O.Cc1ccc(Oc2nc3oc(-c4ccccc4)nc3[nH]2)cc1C(=O)O.Cc1ccc(Oc2nc3sc(-c4ccccc4)nc3[nH]2)cc1C(=O)O. The van der Waals surface area contributed by atoms with Crippen molar-refractivity contribution < 1.29 is 87.2 Å². The number of amides is 2. The number of carboxylic acids is 5. The number of aromatic carboxylic acids is 5. The van der Waals surface area contributed by atoms with E-state index in [1.807, 2.05) is 145 Å². The quantitative estimate of drug-likeness (QED) is 0.0317. The molecule has 0 saturated carbocycles. The maximum atomic E-state index is 12.6. The first-order valence-electron chi connectivity index (χ1n) is 38.9. The highest BCUT2D eigenvalue weighted by Crippen LogP contribution is 2.37. The van der Waals surface area contributed by atoms with E-state index in [1.165, 1.54) is 41.7 Å². The molecule has 636 valence electrons. The highest BCUT2D eigenvalue weighted by Gasteiger charge is 2.41. The van der Waals surface area contributed by atoms with E-state index < -0.39 is 41.7 Å². The molecule has 128 heavy (non-hydrogen) atoms. The van der Waals surface area contributed by atoms with Gasteiger partial charge in [-0.25, -0.2) is 38.5 Å². The standard InChI is InChI=1S/C20H17N3O3.C19H13N3O5.C18H14N4O3.C18H13N3O4.C18H13N3O3S/c1-12-8-9-14(10-15(12)19(24)25)26-20-21-16-11-23(2)18(17(16)22-20)13-6-4-3-5-7-13;1-10-7-8-12(9-13(10)18(25)26)27-19-20-14-15(21-19)17(24)22(16(14)23)11-5-3-2-4-6-11;1-11-7-8-13(9-14(11)17(23)24)25-18-19-15-10-22(21-16(15)20-18)12-5-3-2-4-6-12;2*1-10-7-8-12(9-13(10)17(22)23)24-18-20-14-16(21-18)25-15(19-14)11-5-3-2-4-6-11/h3-11H,1-2H3,(H,21,22)(H,24,25);2-9H,1H3,(H,20,21)(H,25,26);2-10H,1H3,(H,23,24)(H,19,20,21);2*2-9H,1H3,(H,20,21)(H,22,23). The average Bonchev–Trinajstić information content (AvgIpc) is 1.60. The van der Waals surface area contributed by atoms with E-state index in [9.17, 15) is 59.1 Å². The molecule has 9 aromatic heterocycles. The molecule has 0 spiro atoms. The van der Waals surface area contributed by atoms with Crippen molar-refractivity contribution in [3.63, 3.8) is 0 Å². The third kappa shape index (κ3) is 18.5. The minimum absolute atomic E-state index is 0.0319. The number of nitrogens with one attached hydrogen (secondary N) is 5. The van der Waals surface area contributed by atoms with Crippen molar-refractivity contribution in [2.45, 2.75) is 34.6 Å². The van der Waals surface area contributed by atoms with Gasteiger partial charge in [0.25, 0.3) is 23.5 Å². The molecule has 34 nitrogen and oxygen atoms in total. The number of aromatic amines is 5. The number of thiazole rings is 1. The van der Waals surface area contributed by atoms with Crippen LogP contribution in [0.3, 0.4) is 0 Å². The number of ether oxygens (including phenoxy) is 5. The number of nitrogens with zero attached hydrogens (tertiary/aromatic N) is 11. The summed E-state index contributed by atoms with van der Waals surface area (Å²) in [5, 5.41) is 51.3. The predicted molar refractivity (Wildman–Crippen MR) is 470 cm³/mol. The predicted octanol–water partition coefficient (Wildman–Crippen LogP) is 19.4. The van der Waals surface area contributed by atoms with Gasteiger partial charge in [0.05, 0.1) is 56.6 Å². The summed E-state index contributed by atoms with van der Waals surface area (Å²) in [6.45, 7) is 8.62. The molecule has 0 aliphatic carbocycles. The Hall–Kier alpha value is -17.9. The number of aromatic nitrogens is 15. The Morgan fingerprint density at radius 3 is 1.22 bits per heavy atom. The molecular weight excluding hydrogens is 1660 g/mol. The summed E-state index contributed by atoms with van der Waals surface area (Å²) in [5.41, 5.74) is 13.8. The van der Waals surface area contributed by atoms with Crippen molar-refractivity contribution in [3.8, 4) is 97.8 Å². The Balaban J connectivity index is 0.000000118. The number of hydrogen-bond acceptors (Lipinski definition) is 22. The van der Waals surface area contributed by atoms with Crippen LogP contribution in [-0.4, -0.2) is 141 Å². The summed E-state index contributed by atoms with van der Waals surface area (Å²) in [6.07, 6.45) is 3.78. The number of imidazole rings is 5. The van der Waals surface area contributed by atoms with E-state index >= 15 is 0 Å². The van der Waals surface area contributed by atoms with E-state index in [-0.39, 0.29) is 69.0 Å². The van der Waals surface area contributed by atoms with E-state index in [0.29, 0.717) is 91.1 Å². The summed E-state index contributed by atoms with van der Waals surface area (Å²) < 4.78 is 37.5. The van der Waals surface area contributed by atoms with Gasteiger partial charge < -0.3 is 73.2 Å². The van der Waals surface area contributed by atoms with Gasteiger partial charge in [-0.05, 0) is 159 Å². The van der Waals surface area contributed by atoms with Crippen LogP contribution < -0.4 is 28.6 Å². The molecule has 1 aliphatic heterocycles. The van der Waals surface area contributed by atoms with Gasteiger partial charge in [-0.15, -0.1) is 5.10 Å². The number of hydrogen-bond donors (Lipinski definition) is 10. The number of benzene rings is 10. The molecule has 0 saturated heterocycles. The Kier molecular flexibility index (Phi) is 23.6. The first kappa shape index (κ1) is 83.7. The van der Waals surface area contributed by atoms with Gasteiger partial charge in [0.1, 0.15) is 50.5 Å². The van der Waals surface area contributed by atoms with Gasteiger partial charge in [-0.2, -0.15) is 29.9 Å². The van der Waals surface area contributed by atoms with Crippen LogP contribution in [0.5, 0.6) is 58.8 Å². The fourth-order valence-corrected chi connectivity index (χ4v) is 14.2. The topological polar surface area (TPSA) is 475 Å². The lowest BCUT2D eigenvalue weighted by atomic mass is 10.1. The highest BCUT2D eigenvalue weighted by atomic mass is 32.1. The summed E-state index contributed by atoms with van der Waals surface area (Å²) in [7, 11) is 1.97. The molecule has 35 heteroatoms. The molecule has 0 fully saturated rings. The van der Waals surface area contributed by atoms with Crippen LogP contribution in [0.2, 0.25) is 0 Å². The fourth-order valence-electron chi connectivity index (χ4n) is 13.3. The first-order valence-corrected chi connectivity index (χ1v) is 39.7. The van der Waals surface area contributed by atoms with Crippen LogP contribution in [0.15, 0.2) is 259 Å². The molecule has 10 heterocycles. The lowest BCUT2D eigenvalue weighted by molar-refractivity contribution is 0.0685. The number of para-hydroxylation sites is 2. The van der Waals surface area contributed by atoms with E-state index in [0.717, 1.165) is 59.4 Å². The molecule has 0 unspecified atom stereocenters. The van der Waals surface area contributed by atoms with Gasteiger partial charge in [-0.3, -0.25) is 19.6 Å². The van der Waals surface area contributed by atoms with Gasteiger partial charge in [-0.1, -0.05) is 157 Å². The van der Waals surface area contributed by atoms with Gasteiger partial charge in [0.2, 0.25) is 17.2 Å². The second-order valence-electron chi connectivity index (χ2n) is 28.6. The normalized spacial score (nSPS) is 11.4. The summed E-state index contributed by atoms with van der Waals surface area (Å²) >= 11 is 1.46. The van der Waals surface area contributed by atoms with Crippen molar-refractivity contribution in [2.75, 3.05) is 4.90 Å². The Morgan fingerprint density at radius 2 is 0.781 bits per heavy atom. The zero-order chi connectivity index (χ0) is 89.6. The van der Waals surface area contributed by atoms with Crippen molar-refractivity contribution in [1.82, 2.24) is 74.2 Å². The van der Waals surface area contributed by atoms with E-state index in [4.69, 9.17) is 28.1 Å². The molecule has 1 aliphatic rings. The minimum Gasteiger partial charge on any atom is -0.478 e. The molecule has 19 aromatic rings. The monoisotopic (exact) mass is 1730 g/mol. The lowest BCUT2D eigenvalue weighted by Crippen LogP contribution is -2.30. The van der Waals surface area contributed by atoms with Gasteiger partial charge in [0.15, 0.2) is 16.2 Å². The number of oxazole rings is 1. The smallest absolute Gasteiger partial charge is 0.336 e. The molecule has 20 rings (SSSR count). The molecule has 10 aromatic carbocycles. The Labute approximate surface area is 726 Å². The van der Waals surface area contributed by atoms with Crippen LogP contribution in [0.4, 0.5) is 5.69 Å². The zero-order valence-electron chi connectivity index (χ0n) is 68.1. The minimum atomic E-state index is -1.08. The molecule has 10 N–H and O–H groups in total. The number of imide groups is 1. The first-order chi connectivity index (χ1) is 61.8. The third-order valence-electron chi connectivity index (χ3n) is 19.7. The second kappa shape index (κ2) is 36.0. The van der Waals surface area contributed by atoms with Gasteiger partial charge in [0, 0.05) is 29.9 Å². The van der Waals surface area contributed by atoms with Crippen molar-refractivity contribution in [3.05, 3.63) is 322 Å². The maximum absolute atomic E-state index is 12.6. The number of carbonyl (C=O) groups is 7. The summed E-state index contributed by atoms with van der Waals surface area (Å²) in [6, 6.07) is 72.7. The van der Waals surface area contributed by atoms with Crippen LogP contribution in [0.1, 0.15) is 101 Å². The zero-order valence-corrected chi connectivity index (χ0v) is 68.9. The molecular formula is C93H70N16O18S. The Bertz CT molecular complexity index is 6900. The van der Waals surface area contributed by atoms with Crippen LogP contribution in [-0.2, 0) is 7.05 Å². The number of rotatable bonds is 20. The lowest BCUT2D eigenvalue weighted by Gasteiger charge is -2.13. The van der Waals surface area contributed by atoms with Crippen molar-refractivity contribution in [1.29, 1.82) is 0 Å². The molecule has 0 radical (unpaired) electrons. The number of anilines is 1. The number of aryl methyl sites for hydroxylation is 6. The van der Waals surface area contributed by atoms with E-state index in [1.54, 1.807) is 130 Å². The van der Waals surface area contributed by atoms with Crippen molar-refractivity contribution >= 4 is 103 Å². The van der Waals surface area contributed by atoms with Crippen LogP contribution >= 0.6 is 11.3 Å². The number of H-pyrrole nitrogens is 5. The average molecular weight is 1730 g/mol. The van der Waals surface area contributed by atoms with Crippen molar-refractivity contribution in [2.24, 2.45) is 7.05 Å². The fraction of sp³-hybridized carbons (Fsp3) is 0.0645. The summed E-state index contributed by atoms with van der Waals surface area (Å²) in [5.74, 6) is -3.85. The maximum Gasteiger partial charge on any atom is 0.336 e. The van der Waals surface area contributed by atoms with Crippen LogP contribution in [0.25, 0.3) is 83.0 Å². The third-order valence-corrected chi connectivity index (χ3v) is 20.7. The highest BCUT2D eigenvalue weighted by molar-refractivity contribution is 7.21. The molecule has 2 amide bonds. The second-order valence-corrected chi connectivity index (χ2v) is 29.6. The Morgan fingerprint density at radius 1 is 0.383 bits per heavy atom. The summed E-state index contributed by atoms with van der Waals surface area (Å²) in [4.78, 5) is 128. The number of carbonyl (C=O) groups excluding carboxylic acids is 2. The largest absolute Gasteiger partial charge is 0.478 e. The van der Waals surface area contributed by atoms with E-state index in [2.05, 4.69) is 64.9 Å².